The highest BCUT2D eigenvalue weighted by Gasteiger charge is 2.21. The van der Waals surface area contributed by atoms with E-state index < -0.39 is 0 Å². The topological polar surface area (TPSA) is 98.3 Å². The maximum Gasteiger partial charge on any atom is 0.251 e. The number of nitrogens with one attached hydrogen (secondary N) is 2. The molecule has 174 valence electrons. The number of hydrogen-bond acceptors (Lipinski definition) is 8. The maximum absolute atomic E-state index is 11.9. The molecule has 9 heteroatoms. The van der Waals surface area contributed by atoms with Crippen LogP contribution in [0.4, 0.5) is 5.69 Å². The van der Waals surface area contributed by atoms with E-state index in [4.69, 9.17) is 9.47 Å². The summed E-state index contributed by atoms with van der Waals surface area (Å²) in [6, 6.07) is 11.2. The minimum absolute atomic E-state index is 0.127. The predicted molar refractivity (Wildman–Crippen MR) is 131 cm³/mol. The van der Waals surface area contributed by atoms with Crippen molar-refractivity contribution in [1.29, 1.82) is 0 Å². The van der Waals surface area contributed by atoms with E-state index >= 15 is 0 Å². The van der Waals surface area contributed by atoms with Crippen LogP contribution in [0.1, 0.15) is 30.1 Å². The number of anilines is 1. The Hall–Kier alpha value is -3.17. The first-order chi connectivity index (χ1) is 16.2. The van der Waals surface area contributed by atoms with Crippen LogP contribution < -0.4 is 14.8 Å². The SMILES string of the molecule is CCOc1cncc(-c2ccc(C(=O)NCCOC)cc2)n1.c1cc(NSC2CC2)ccn1. The molecule has 33 heavy (non-hydrogen) atoms. The van der Waals surface area contributed by atoms with Crippen LogP contribution >= 0.6 is 11.9 Å². The van der Waals surface area contributed by atoms with Crippen LogP contribution in [0.25, 0.3) is 11.3 Å². The third kappa shape index (κ3) is 8.70. The Balaban J connectivity index is 0.000000231. The number of benzene rings is 1. The van der Waals surface area contributed by atoms with Gasteiger partial charge in [-0.05, 0) is 56.0 Å². The van der Waals surface area contributed by atoms with Gasteiger partial charge in [-0.25, -0.2) is 4.98 Å². The minimum atomic E-state index is -0.127. The normalized spacial score (nSPS) is 12.3. The third-order valence-electron chi connectivity index (χ3n) is 4.49. The van der Waals surface area contributed by atoms with Crippen molar-refractivity contribution in [2.24, 2.45) is 0 Å². The lowest BCUT2D eigenvalue weighted by molar-refractivity contribution is 0.0937. The fourth-order valence-corrected chi connectivity index (χ4v) is 3.43. The highest BCUT2D eigenvalue weighted by atomic mass is 32.2. The summed E-state index contributed by atoms with van der Waals surface area (Å²) in [4.78, 5) is 24.3. The van der Waals surface area contributed by atoms with Crippen LogP contribution in [0.15, 0.2) is 61.2 Å². The Morgan fingerprint density at radius 1 is 1.09 bits per heavy atom. The van der Waals surface area contributed by atoms with Crippen molar-refractivity contribution in [1.82, 2.24) is 20.3 Å². The summed E-state index contributed by atoms with van der Waals surface area (Å²) >= 11 is 1.82. The zero-order valence-electron chi connectivity index (χ0n) is 18.9. The van der Waals surface area contributed by atoms with E-state index in [-0.39, 0.29) is 5.91 Å². The number of amides is 1. The van der Waals surface area contributed by atoms with Gasteiger partial charge in [0.15, 0.2) is 0 Å². The minimum Gasteiger partial charge on any atom is -0.477 e. The Bertz CT molecular complexity index is 985. The number of pyridine rings is 1. The molecule has 0 radical (unpaired) electrons. The van der Waals surface area contributed by atoms with E-state index in [0.717, 1.165) is 16.5 Å². The molecule has 0 aliphatic heterocycles. The number of aromatic nitrogens is 3. The van der Waals surface area contributed by atoms with Crippen molar-refractivity contribution in [3.63, 3.8) is 0 Å². The van der Waals surface area contributed by atoms with Gasteiger partial charge in [-0.2, -0.15) is 0 Å². The molecular formula is C24H29N5O3S. The number of rotatable bonds is 10. The average molecular weight is 468 g/mol. The lowest BCUT2D eigenvalue weighted by atomic mass is 10.1. The van der Waals surface area contributed by atoms with E-state index in [9.17, 15) is 4.79 Å². The van der Waals surface area contributed by atoms with Gasteiger partial charge < -0.3 is 19.5 Å². The summed E-state index contributed by atoms with van der Waals surface area (Å²) in [6.07, 6.45) is 9.57. The number of nitrogens with zero attached hydrogens (tertiary/aromatic N) is 3. The molecule has 0 unspecified atom stereocenters. The monoisotopic (exact) mass is 467 g/mol. The zero-order chi connectivity index (χ0) is 23.3. The molecule has 1 saturated carbocycles. The molecule has 0 atom stereocenters. The van der Waals surface area contributed by atoms with Gasteiger partial charge in [0.25, 0.3) is 5.91 Å². The first-order valence-corrected chi connectivity index (χ1v) is 11.7. The maximum atomic E-state index is 11.9. The molecule has 4 rings (SSSR count). The van der Waals surface area contributed by atoms with Gasteiger partial charge in [-0.3, -0.25) is 14.8 Å². The van der Waals surface area contributed by atoms with Gasteiger partial charge in [0.2, 0.25) is 5.88 Å². The quantitative estimate of drug-likeness (QED) is 0.338. The summed E-state index contributed by atoms with van der Waals surface area (Å²) in [5.74, 6) is 0.360. The molecule has 1 aromatic carbocycles. The molecule has 2 N–H and O–H groups in total. The number of methoxy groups -OCH3 is 1. The summed E-state index contributed by atoms with van der Waals surface area (Å²) in [7, 11) is 1.60. The number of ether oxygens (including phenoxy) is 2. The van der Waals surface area contributed by atoms with E-state index in [1.165, 1.54) is 12.8 Å². The molecule has 0 spiro atoms. The summed E-state index contributed by atoms with van der Waals surface area (Å²) in [6.45, 7) is 3.41. The van der Waals surface area contributed by atoms with Crippen LogP contribution in [0.3, 0.4) is 0 Å². The summed E-state index contributed by atoms with van der Waals surface area (Å²) < 4.78 is 13.5. The Morgan fingerprint density at radius 2 is 1.85 bits per heavy atom. The lowest BCUT2D eigenvalue weighted by Gasteiger charge is -2.07. The van der Waals surface area contributed by atoms with Gasteiger partial charge in [-0.1, -0.05) is 12.1 Å². The first kappa shape index (κ1) is 24.5. The van der Waals surface area contributed by atoms with E-state index in [2.05, 4.69) is 25.0 Å². The summed E-state index contributed by atoms with van der Waals surface area (Å²) in [5, 5.41) is 3.62. The molecule has 1 fully saturated rings. The van der Waals surface area contributed by atoms with Gasteiger partial charge in [0.1, 0.15) is 0 Å². The molecule has 1 aliphatic carbocycles. The molecule has 2 aromatic heterocycles. The average Bonchev–Trinajstić information content (AvgIpc) is 3.69. The van der Waals surface area contributed by atoms with Crippen LogP contribution in [0, 0.1) is 0 Å². The lowest BCUT2D eigenvalue weighted by Crippen LogP contribution is -2.26. The molecular weight excluding hydrogens is 438 g/mol. The van der Waals surface area contributed by atoms with Gasteiger partial charge in [0.05, 0.1) is 31.3 Å². The number of carbonyl (C=O) groups is 1. The van der Waals surface area contributed by atoms with Gasteiger partial charge in [0, 0.05) is 48.1 Å². The van der Waals surface area contributed by atoms with Crippen LogP contribution in [-0.4, -0.2) is 53.0 Å². The molecule has 8 nitrogen and oxygen atoms in total. The fraction of sp³-hybridized carbons (Fsp3) is 0.333. The predicted octanol–water partition coefficient (Wildman–Crippen LogP) is 4.22. The van der Waals surface area contributed by atoms with Crippen molar-refractivity contribution in [3.8, 4) is 17.1 Å². The molecule has 3 aromatic rings. The third-order valence-corrected chi connectivity index (χ3v) is 5.65. The van der Waals surface area contributed by atoms with E-state index in [1.807, 2.05) is 43.1 Å². The first-order valence-electron chi connectivity index (χ1n) is 10.8. The van der Waals surface area contributed by atoms with E-state index in [0.29, 0.717) is 36.9 Å². The van der Waals surface area contributed by atoms with E-state index in [1.54, 1.807) is 44.0 Å². The molecule has 2 heterocycles. The van der Waals surface area contributed by atoms with Crippen LogP contribution in [-0.2, 0) is 4.74 Å². The second-order valence-corrected chi connectivity index (χ2v) is 8.26. The van der Waals surface area contributed by atoms with Crippen LogP contribution in [0.2, 0.25) is 0 Å². The standard InChI is InChI=1S/C16H19N3O3.C8H10N2S/c1-3-22-15-11-17-10-14(19-15)12-4-6-13(7-5-12)16(20)18-8-9-21-2;1-2-8(1)11-10-7-3-5-9-6-4-7/h4-7,10-11H,3,8-9H2,1-2H3,(H,18,20);3-6,8H,1-2H2,(H,9,10). The Morgan fingerprint density at radius 3 is 2.52 bits per heavy atom. The van der Waals surface area contributed by atoms with Crippen molar-refractivity contribution in [2.45, 2.75) is 25.0 Å². The van der Waals surface area contributed by atoms with Gasteiger partial charge in [-0.15, -0.1) is 0 Å². The fourth-order valence-electron chi connectivity index (χ4n) is 2.62. The molecule has 0 saturated heterocycles. The van der Waals surface area contributed by atoms with Crippen LogP contribution in [0.5, 0.6) is 5.88 Å². The Kier molecular flexibility index (Phi) is 9.93. The smallest absolute Gasteiger partial charge is 0.251 e. The number of carbonyl (C=O) groups excluding carboxylic acids is 1. The van der Waals surface area contributed by atoms with Crippen molar-refractivity contribution < 1.29 is 14.3 Å². The van der Waals surface area contributed by atoms with Crippen molar-refractivity contribution >= 4 is 23.5 Å². The Labute approximate surface area is 198 Å². The second-order valence-electron chi connectivity index (χ2n) is 7.16. The van der Waals surface area contributed by atoms with Gasteiger partial charge >= 0.3 is 0 Å². The molecule has 1 aliphatic rings. The highest BCUT2D eigenvalue weighted by Crippen LogP contribution is 2.34. The molecule has 1 amide bonds. The number of hydrogen-bond donors (Lipinski definition) is 2. The van der Waals surface area contributed by atoms with Crippen molar-refractivity contribution in [3.05, 3.63) is 66.7 Å². The van der Waals surface area contributed by atoms with Crippen molar-refractivity contribution in [2.75, 3.05) is 31.6 Å². The largest absolute Gasteiger partial charge is 0.477 e. The highest BCUT2D eigenvalue weighted by molar-refractivity contribution is 8.01. The second kappa shape index (κ2) is 13.4. The molecule has 0 bridgehead atoms. The zero-order valence-corrected chi connectivity index (χ0v) is 19.7. The summed E-state index contributed by atoms with van der Waals surface area (Å²) in [5.41, 5.74) is 3.32.